The highest BCUT2D eigenvalue weighted by Crippen LogP contribution is 2.12. The summed E-state index contributed by atoms with van der Waals surface area (Å²) in [6.07, 6.45) is -2.68. The highest BCUT2D eigenvalue weighted by Gasteiger charge is 2.36. The minimum Gasteiger partial charge on any atom is -0.481 e. The maximum absolute atomic E-state index is 13.4. The maximum atomic E-state index is 13.4. The number of alkyl carbamates (subject to hydrolysis) is 1. The second kappa shape index (κ2) is 19.5. The molecular formula is C30H41FN4O11. The number of carboxylic acids is 2. The van der Waals surface area contributed by atoms with Crippen molar-refractivity contribution in [1.82, 2.24) is 21.3 Å². The zero-order chi connectivity index (χ0) is 35.0. The Labute approximate surface area is 265 Å². The first kappa shape index (κ1) is 39.1. The standard InChI is InChI=1S/C30H41FN4O11/c1-5-17(4)25(29(44)33-20(13-23(39)40)26(41)21(36)14-31)34-27(42)19(11-12-22(37)38)32-28(43)24(16(2)3)35-30(45)46-15-18-9-7-6-8-10-18/h6-10,16-17,19-20,24-25H,5,11-15H2,1-4H3,(H,32,43)(H,33,44)(H,34,42)(H,35,45)(H,37,38)(H,39,40)/t17-,19-,20-,24-,25-/m0/s1. The van der Waals surface area contributed by atoms with Gasteiger partial charge in [-0.05, 0) is 23.8 Å². The molecule has 254 valence electrons. The number of halogens is 1. The van der Waals surface area contributed by atoms with Crippen LogP contribution >= 0.6 is 0 Å². The van der Waals surface area contributed by atoms with Gasteiger partial charge in [0.05, 0.1) is 6.42 Å². The van der Waals surface area contributed by atoms with Crippen LogP contribution in [-0.2, 0) is 44.9 Å². The Bertz CT molecular complexity index is 1260. The molecule has 5 atom stereocenters. The SMILES string of the molecule is CC[C@H](C)[C@H](NC(=O)[C@H](CCC(=O)O)NC(=O)[C@@H](NC(=O)OCc1ccccc1)C(C)C)C(=O)N[C@@H](CC(=O)O)C(=O)C(=O)CF. The Hall–Kier alpha value is -4.89. The van der Waals surface area contributed by atoms with Gasteiger partial charge < -0.3 is 36.2 Å². The summed E-state index contributed by atoms with van der Waals surface area (Å²) in [6, 6.07) is 2.64. The predicted molar refractivity (Wildman–Crippen MR) is 159 cm³/mol. The number of alkyl halides is 1. The molecule has 0 aliphatic rings. The summed E-state index contributed by atoms with van der Waals surface area (Å²) < 4.78 is 18.0. The van der Waals surface area contributed by atoms with Gasteiger partial charge in [0.15, 0.2) is 6.67 Å². The first-order valence-electron chi connectivity index (χ1n) is 14.6. The van der Waals surface area contributed by atoms with Crippen LogP contribution in [0.2, 0.25) is 0 Å². The Kier molecular flexibility index (Phi) is 16.6. The minimum atomic E-state index is -1.92. The molecule has 16 heteroatoms. The maximum Gasteiger partial charge on any atom is 0.408 e. The number of hydrogen-bond acceptors (Lipinski definition) is 9. The number of aliphatic carboxylic acids is 2. The zero-order valence-electron chi connectivity index (χ0n) is 26.0. The fourth-order valence-corrected chi connectivity index (χ4v) is 4.09. The quantitative estimate of drug-likeness (QED) is 0.108. The second-order valence-electron chi connectivity index (χ2n) is 10.9. The van der Waals surface area contributed by atoms with E-state index in [1.54, 1.807) is 51.1 Å². The number of Topliss-reactive ketones (excluding diaryl/α,β-unsaturated/α-hetero) is 2. The van der Waals surface area contributed by atoms with Gasteiger partial charge in [0.1, 0.15) is 30.8 Å². The number of nitrogens with one attached hydrogen (secondary N) is 4. The van der Waals surface area contributed by atoms with E-state index in [1.807, 2.05) is 0 Å². The van der Waals surface area contributed by atoms with Gasteiger partial charge in [-0.1, -0.05) is 64.4 Å². The van der Waals surface area contributed by atoms with Crippen LogP contribution in [-0.4, -0.2) is 88.4 Å². The first-order chi connectivity index (χ1) is 21.6. The molecule has 0 saturated heterocycles. The van der Waals surface area contributed by atoms with Crippen LogP contribution in [0, 0.1) is 11.8 Å². The average Bonchev–Trinajstić information content (AvgIpc) is 3.01. The van der Waals surface area contributed by atoms with E-state index in [1.165, 1.54) is 6.92 Å². The lowest BCUT2D eigenvalue weighted by atomic mass is 9.96. The Balaban J connectivity index is 3.15. The molecule has 0 saturated carbocycles. The number of carbonyl (C=O) groups is 8. The molecule has 6 N–H and O–H groups in total. The van der Waals surface area contributed by atoms with Crippen molar-refractivity contribution in [3.63, 3.8) is 0 Å². The third-order valence-corrected chi connectivity index (χ3v) is 6.92. The molecule has 0 fully saturated rings. The largest absolute Gasteiger partial charge is 0.481 e. The molecule has 0 aliphatic carbocycles. The van der Waals surface area contributed by atoms with E-state index in [-0.39, 0.29) is 13.0 Å². The Morgan fingerprint density at radius 2 is 1.37 bits per heavy atom. The summed E-state index contributed by atoms with van der Waals surface area (Å²) in [6.45, 7) is 4.62. The number of rotatable bonds is 20. The number of carboxylic acid groups (broad SMARTS) is 2. The molecule has 1 aromatic carbocycles. The van der Waals surface area contributed by atoms with Crippen molar-refractivity contribution in [2.75, 3.05) is 6.67 Å². The Morgan fingerprint density at radius 3 is 1.89 bits per heavy atom. The van der Waals surface area contributed by atoms with Crippen molar-refractivity contribution in [1.29, 1.82) is 0 Å². The second-order valence-corrected chi connectivity index (χ2v) is 10.9. The van der Waals surface area contributed by atoms with Gasteiger partial charge in [-0.15, -0.1) is 0 Å². The van der Waals surface area contributed by atoms with Crippen molar-refractivity contribution in [3.8, 4) is 0 Å². The van der Waals surface area contributed by atoms with Crippen molar-refractivity contribution in [3.05, 3.63) is 35.9 Å². The van der Waals surface area contributed by atoms with E-state index < -0.39 is 109 Å². The average molecular weight is 653 g/mol. The lowest BCUT2D eigenvalue weighted by Gasteiger charge is -2.29. The normalized spacial score (nSPS) is 14.0. The van der Waals surface area contributed by atoms with Crippen LogP contribution in [0.5, 0.6) is 0 Å². The van der Waals surface area contributed by atoms with Crippen molar-refractivity contribution in [2.24, 2.45) is 11.8 Å². The van der Waals surface area contributed by atoms with Gasteiger partial charge in [0, 0.05) is 6.42 Å². The van der Waals surface area contributed by atoms with Crippen LogP contribution in [0.3, 0.4) is 0 Å². The predicted octanol–water partition coefficient (Wildman–Crippen LogP) is 0.885. The molecule has 15 nitrogen and oxygen atoms in total. The van der Waals surface area contributed by atoms with Crippen LogP contribution in [0.15, 0.2) is 30.3 Å². The number of amides is 4. The summed E-state index contributed by atoms with van der Waals surface area (Å²) in [5, 5.41) is 27.6. The molecule has 0 unspecified atom stereocenters. The minimum absolute atomic E-state index is 0.0807. The molecule has 0 spiro atoms. The van der Waals surface area contributed by atoms with Gasteiger partial charge in [0.2, 0.25) is 29.3 Å². The Morgan fingerprint density at radius 1 is 0.783 bits per heavy atom. The highest BCUT2D eigenvalue weighted by atomic mass is 19.1. The number of hydrogen-bond donors (Lipinski definition) is 6. The van der Waals surface area contributed by atoms with Gasteiger partial charge in [-0.25, -0.2) is 9.18 Å². The molecule has 1 rings (SSSR count). The van der Waals surface area contributed by atoms with Gasteiger partial charge in [-0.2, -0.15) is 0 Å². The van der Waals surface area contributed by atoms with E-state index >= 15 is 0 Å². The number of benzene rings is 1. The van der Waals surface area contributed by atoms with Crippen LogP contribution < -0.4 is 21.3 Å². The third-order valence-electron chi connectivity index (χ3n) is 6.92. The highest BCUT2D eigenvalue weighted by molar-refractivity contribution is 6.40. The van der Waals surface area contributed by atoms with Gasteiger partial charge >= 0.3 is 18.0 Å². The zero-order valence-corrected chi connectivity index (χ0v) is 26.0. The molecular weight excluding hydrogens is 611 g/mol. The number of ether oxygens (including phenoxy) is 1. The summed E-state index contributed by atoms with van der Waals surface area (Å²) in [7, 11) is 0. The van der Waals surface area contributed by atoms with E-state index in [0.717, 1.165) is 0 Å². The molecule has 46 heavy (non-hydrogen) atoms. The first-order valence-corrected chi connectivity index (χ1v) is 14.6. The molecule has 0 aliphatic heterocycles. The van der Waals surface area contributed by atoms with Crippen molar-refractivity contribution >= 4 is 47.3 Å². The van der Waals surface area contributed by atoms with Crippen molar-refractivity contribution < 1.29 is 57.7 Å². The summed E-state index contributed by atoms with van der Waals surface area (Å²) in [5.41, 5.74) is 0.696. The molecule has 1 aromatic rings. The molecule has 4 amide bonds. The lowest BCUT2D eigenvalue weighted by molar-refractivity contribution is -0.144. The summed E-state index contributed by atoms with van der Waals surface area (Å²) in [5.74, 6) is -9.97. The fraction of sp³-hybridized carbons (Fsp3) is 0.533. The van der Waals surface area contributed by atoms with E-state index in [0.29, 0.717) is 5.56 Å². The van der Waals surface area contributed by atoms with Crippen LogP contribution in [0.25, 0.3) is 0 Å². The lowest BCUT2D eigenvalue weighted by Crippen LogP contribution is -2.60. The van der Waals surface area contributed by atoms with E-state index in [2.05, 4.69) is 21.3 Å². The van der Waals surface area contributed by atoms with Crippen molar-refractivity contribution in [2.45, 2.75) is 84.2 Å². The monoisotopic (exact) mass is 652 g/mol. The number of ketones is 2. The molecule has 0 radical (unpaired) electrons. The smallest absolute Gasteiger partial charge is 0.408 e. The number of carbonyl (C=O) groups excluding carboxylic acids is 6. The van der Waals surface area contributed by atoms with Crippen LogP contribution in [0.1, 0.15) is 58.9 Å². The van der Waals surface area contributed by atoms with Crippen LogP contribution in [0.4, 0.5) is 9.18 Å². The molecule has 0 bridgehead atoms. The molecule has 0 aromatic heterocycles. The van der Waals surface area contributed by atoms with Gasteiger partial charge in [-0.3, -0.25) is 33.6 Å². The van der Waals surface area contributed by atoms with Gasteiger partial charge in [0.25, 0.3) is 0 Å². The van der Waals surface area contributed by atoms with E-state index in [4.69, 9.17) is 9.84 Å². The summed E-state index contributed by atoms with van der Waals surface area (Å²) >= 11 is 0. The molecule has 0 heterocycles. The topological polar surface area (TPSA) is 234 Å². The summed E-state index contributed by atoms with van der Waals surface area (Å²) in [4.78, 5) is 98.6. The third kappa shape index (κ3) is 13.4. The fourth-order valence-electron chi connectivity index (χ4n) is 4.09. The van der Waals surface area contributed by atoms with E-state index in [9.17, 15) is 47.9 Å².